The SMILES string of the molecule is CCOC(=O)c1c(-c2ccc(OCC)cc2)csc1NC(=O)/C=C/C(=O)[O-]. The largest absolute Gasteiger partial charge is 0.545 e. The van der Waals surface area contributed by atoms with Crippen molar-refractivity contribution in [2.75, 3.05) is 18.5 Å². The van der Waals surface area contributed by atoms with Crippen LogP contribution >= 0.6 is 11.3 Å². The van der Waals surface area contributed by atoms with E-state index in [4.69, 9.17) is 9.47 Å². The Morgan fingerprint density at radius 1 is 1.11 bits per heavy atom. The van der Waals surface area contributed by atoms with Crippen LogP contribution in [0.2, 0.25) is 0 Å². The Hall–Kier alpha value is -3.13. The molecule has 0 saturated carbocycles. The first-order chi connectivity index (χ1) is 13.0. The molecule has 0 aliphatic rings. The first-order valence-electron chi connectivity index (χ1n) is 8.18. The zero-order valence-corrected chi connectivity index (χ0v) is 15.6. The molecular weight excluding hydrogens is 370 g/mol. The molecule has 0 fully saturated rings. The standard InChI is InChI=1S/C19H19NO6S/c1-3-25-13-7-5-12(6-8-13)14-11-27-18(17(14)19(24)26-4-2)20-15(21)9-10-16(22)23/h5-11H,3-4H2,1-2H3,(H,20,21)(H,22,23)/p-1/b10-9+. The number of aliphatic carboxylic acids is 1. The second-order valence-corrected chi connectivity index (χ2v) is 6.05. The number of nitrogens with one attached hydrogen (secondary N) is 1. The third-order valence-electron chi connectivity index (χ3n) is 3.35. The van der Waals surface area contributed by atoms with Crippen LogP contribution in [0, 0.1) is 0 Å². The van der Waals surface area contributed by atoms with Crippen molar-refractivity contribution >= 4 is 34.2 Å². The second-order valence-electron chi connectivity index (χ2n) is 5.17. The molecule has 1 heterocycles. The normalized spacial score (nSPS) is 10.6. The molecule has 1 aromatic heterocycles. The van der Waals surface area contributed by atoms with Gasteiger partial charge in [0.15, 0.2) is 0 Å². The molecule has 0 saturated heterocycles. The summed E-state index contributed by atoms with van der Waals surface area (Å²) in [4.78, 5) is 34.7. The fraction of sp³-hybridized carbons (Fsp3) is 0.211. The maximum Gasteiger partial charge on any atom is 0.341 e. The van der Waals surface area contributed by atoms with E-state index in [1.165, 1.54) is 0 Å². The van der Waals surface area contributed by atoms with E-state index < -0.39 is 17.8 Å². The lowest BCUT2D eigenvalue weighted by molar-refractivity contribution is -0.297. The predicted molar refractivity (Wildman–Crippen MR) is 99.7 cm³/mol. The van der Waals surface area contributed by atoms with Gasteiger partial charge in [-0.1, -0.05) is 12.1 Å². The molecule has 8 heteroatoms. The molecule has 1 amide bonds. The molecule has 2 rings (SSSR count). The molecule has 0 unspecified atom stereocenters. The number of amides is 1. The van der Waals surface area contributed by atoms with Crippen LogP contribution in [0.1, 0.15) is 24.2 Å². The summed E-state index contributed by atoms with van der Waals surface area (Å²) in [5, 5.41) is 14.9. The molecule has 0 spiro atoms. The smallest absolute Gasteiger partial charge is 0.341 e. The molecule has 7 nitrogen and oxygen atoms in total. The topological polar surface area (TPSA) is 105 Å². The van der Waals surface area contributed by atoms with Gasteiger partial charge in [0, 0.05) is 17.0 Å². The van der Waals surface area contributed by atoms with Crippen LogP contribution in [0.15, 0.2) is 41.8 Å². The van der Waals surface area contributed by atoms with E-state index >= 15 is 0 Å². The molecule has 0 aliphatic carbocycles. The zero-order valence-electron chi connectivity index (χ0n) is 14.8. The Labute approximate surface area is 160 Å². The number of carbonyl (C=O) groups excluding carboxylic acids is 3. The van der Waals surface area contributed by atoms with Crippen molar-refractivity contribution in [1.29, 1.82) is 0 Å². The van der Waals surface area contributed by atoms with E-state index in [9.17, 15) is 19.5 Å². The van der Waals surface area contributed by atoms with Gasteiger partial charge in [-0.05, 0) is 37.6 Å². The number of hydrogen-bond donors (Lipinski definition) is 1. The number of carboxylic acids is 1. The van der Waals surface area contributed by atoms with E-state index in [1.54, 1.807) is 36.6 Å². The fourth-order valence-corrected chi connectivity index (χ4v) is 3.22. The van der Waals surface area contributed by atoms with Crippen LogP contribution in [-0.2, 0) is 14.3 Å². The fourth-order valence-electron chi connectivity index (χ4n) is 2.26. The second kappa shape index (κ2) is 9.54. The van der Waals surface area contributed by atoms with Gasteiger partial charge in [-0.2, -0.15) is 0 Å². The minimum absolute atomic E-state index is 0.176. The number of thiophene rings is 1. The van der Waals surface area contributed by atoms with E-state index in [1.807, 2.05) is 6.92 Å². The summed E-state index contributed by atoms with van der Waals surface area (Å²) in [5.41, 5.74) is 1.56. The van der Waals surface area contributed by atoms with Crippen molar-refractivity contribution in [3.8, 4) is 16.9 Å². The van der Waals surface area contributed by atoms with Gasteiger partial charge in [-0.25, -0.2) is 4.79 Å². The van der Waals surface area contributed by atoms with Crippen molar-refractivity contribution in [3.63, 3.8) is 0 Å². The number of benzene rings is 1. The van der Waals surface area contributed by atoms with Gasteiger partial charge in [-0.3, -0.25) is 4.79 Å². The lowest BCUT2D eigenvalue weighted by atomic mass is 10.0. The Bertz CT molecular complexity index is 854. The molecular formula is C19H18NO6S-. The molecule has 27 heavy (non-hydrogen) atoms. The van der Waals surface area contributed by atoms with Gasteiger partial charge in [-0.15, -0.1) is 11.3 Å². The number of ether oxygens (including phenoxy) is 2. The minimum Gasteiger partial charge on any atom is -0.545 e. The molecule has 142 valence electrons. The van der Waals surface area contributed by atoms with Crippen molar-refractivity contribution in [1.82, 2.24) is 0 Å². The van der Waals surface area contributed by atoms with Crippen LogP contribution in [0.4, 0.5) is 5.00 Å². The summed E-state index contributed by atoms with van der Waals surface area (Å²) >= 11 is 1.14. The zero-order chi connectivity index (χ0) is 19.8. The number of carbonyl (C=O) groups is 3. The van der Waals surface area contributed by atoms with Crippen LogP contribution in [0.3, 0.4) is 0 Å². The van der Waals surface area contributed by atoms with Gasteiger partial charge < -0.3 is 24.7 Å². The highest BCUT2D eigenvalue weighted by atomic mass is 32.1. The van der Waals surface area contributed by atoms with Gasteiger partial charge in [0.2, 0.25) is 5.91 Å². The lowest BCUT2D eigenvalue weighted by Gasteiger charge is -2.09. The maximum absolute atomic E-state index is 12.4. The lowest BCUT2D eigenvalue weighted by Crippen LogP contribution is -2.20. The Morgan fingerprint density at radius 2 is 1.81 bits per heavy atom. The minimum atomic E-state index is -1.49. The van der Waals surface area contributed by atoms with Gasteiger partial charge >= 0.3 is 5.97 Å². The average Bonchev–Trinajstić information content (AvgIpc) is 3.04. The highest BCUT2D eigenvalue weighted by Crippen LogP contribution is 2.36. The Morgan fingerprint density at radius 3 is 2.41 bits per heavy atom. The van der Waals surface area contributed by atoms with E-state index in [-0.39, 0.29) is 17.2 Å². The molecule has 1 aromatic carbocycles. The summed E-state index contributed by atoms with van der Waals surface area (Å²) in [6.07, 6.45) is 1.43. The van der Waals surface area contributed by atoms with E-state index in [2.05, 4.69) is 5.32 Å². The summed E-state index contributed by atoms with van der Waals surface area (Å²) in [6.45, 7) is 4.29. The molecule has 0 aliphatic heterocycles. The summed E-state index contributed by atoms with van der Waals surface area (Å²) < 4.78 is 10.5. The summed E-state index contributed by atoms with van der Waals surface area (Å²) in [5.74, 6) is -2.06. The van der Waals surface area contributed by atoms with Gasteiger partial charge in [0.05, 0.1) is 19.2 Å². The number of carboxylic acid groups (broad SMARTS) is 1. The van der Waals surface area contributed by atoms with Crippen molar-refractivity contribution in [3.05, 3.63) is 47.4 Å². The molecule has 1 N–H and O–H groups in total. The van der Waals surface area contributed by atoms with E-state index in [0.29, 0.717) is 24.0 Å². The maximum atomic E-state index is 12.4. The highest BCUT2D eigenvalue weighted by molar-refractivity contribution is 7.15. The van der Waals surface area contributed by atoms with Crippen molar-refractivity contribution < 1.29 is 29.0 Å². The van der Waals surface area contributed by atoms with Crippen LogP contribution < -0.4 is 15.2 Å². The van der Waals surface area contributed by atoms with Crippen molar-refractivity contribution in [2.45, 2.75) is 13.8 Å². The molecule has 2 aromatic rings. The third-order valence-corrected chi connectivity index (χ3v) is 4.25. The first kappa shape index (κ1) is 20.2. The third kappa shape index (κ3) is 5.42. The summed E-state index contributed by atoms with van der Waals surface area (Å²) in [7, 11) is 0. The molecule has 0 radical (unpaired) electrons. The first-order valence-corrected chi connectivity index (χ1v) is 9.06. The number of anilines is 1. The van der Waals surface area contributed by atoms with Crippen molar-refractivity contribution in [2.24, 2.45) is 0 Å². The molecule has 0 atom stereocenters. The van der Waals surface area contributed by atoms with Gasteiger partial charge in [0.25, 0.3) is 0 Å². The van der Waals surface area contributed by atoms with Crippen LogP contribution in [0.25, 0.3) is 11.1 Å². The predicted octanol–water partition coefficient (Wildman–Crippen LogP) is 2.24. The van der Waals surface area contributed by atoms with E-state index in [0.717, 1.165) is 23.0 Å². The monoisotopic (exact) mass is 388 g/mol. The number of hydrogen-bond acceptors (Lipinski definition) is 7. The Kier molecular flexibility index (Phi) is 7.13. The molecule has 0 bridgehead atoms. The van der Waals surface area contributed by atoms with Gasteiger partial charge in [0.1, 0.15) is 16.3 Å². The quantitative estimate of drug-likeness (QED) is 0.549. The number of esters is 1. The average molecular weight is 388 g/mol. The number of rotatable bonds is 8. The van der Waals surface area contributed by atoms with Crippen LogP contribution in [-0.4, -0.2) is 31.1 Å². The highest BCUT2D eigenvalue weighted by Gasteiger charge is 2.22. The Balaban J connectivity index is 2.37. The van der Waals surface area contributed by atoms with Crippen LogP contribution in [0.5, 0.6) is 5.75 Å². The summed E-state index contributed by atoms with van der Waals surface area (Å²) in [6, 6.07) is 7.17.